The lowest BCUT2D eigenvalue weighted by atomic mass is 10.2. The Labute approximate surface area is 107 Å². The van der Waals surface area contributed by atoms with Crippen molar-refractivity contribution in [1.82, 2.24) is 9.97 Å². The Morgan fingerprint density at radius 3 is 2.67 bits per heavy atom. The molecule has 0 atom stereocenters. The molecule has 18 heavy (non-hydrogen) atoms. The lowest BCUT2D eigenvalue weighted by Crippen LogP contribution is -2.07. The van der Waals surface area contributed by atoms with E-state index >= 15 is 0 Å². The molecule has 0 N–H and O–H groups in total. The number of nitrogens with zero attached hydrogens (tertiary/aromatic N) is 2. The van der Waals surface area contributed by atoms with Gasteiger partial charge in [-0.2, -0.15) is 0 Å². The number of ether oxygens (including phenoxy) is 1. The van der Waals surface area contributed by atoms with Gasteiger partial charge >= 0.3 is 0 Å². The van der Waals surface area contributed by atoms with E-state index in [0.717, 1.165) is 13.1 Å². The standard InChI is InChI=1S/C12H9ClF2N2O/c1-12(14,15)8-4-10(7-16-6-8)18-9-2-3-17-11(13)5-9/h2-7H,1H3. The highest BCUT2D eigenvalue weighted by atomic mass is 35.5. The minimum absolute atomic E-state index is 0.208. The molecule has 2 rings (SSSR count). The van der Waals surface area contributed by atoms with E-state index in [2.05, 4.69) is 9.97 Å². The number of pyridine rings is 2. The number of hydrogen-bond acceptors (Lipinski definition) is 3. The van der Waals surface area contributed by atoms with Crippen LogP contribution in [0.25, 0.3) is 0 Å². The molecule has 0 bridgehead atoms. The molecule has 2 aromatic rings. The third-order valence-corrected chi connectivity index (χ3v) is 2.36. The number of rotatable bonds is 3. The first kappa shape index (κ1) is 12.7. The van der Waals surface area contributed by atoms with E-state index in [-0.39, 0.29) is 16.5 Å². The second-order valence-electron chi connectivity index (χ2n) is 3.71. The van der Waals surface area contributed by atoms with E-state index in [1.807, 2.05) is 0 Å². The van der Waals surface area contributed by atoms with Gasteiger partial charge < -0.3 is 4.74 Å². The fourth-order valence-corrected chi connectivity index (χ4v) is 1.46. The third kappa shape index (κ3) is 3.13. The fourth-order valence-electron chi connectivity index (χ4n) is 1.30. The van der Waals surface area contributed by atoms with Crippen LogP contribution in [0, 0.1) is 0 Å². The van der Waals surface area contributed by atoms with Crippen LogP contribution in [0.2, 0.25) is 5.15 Å². The van der Waals surface area contributed by atoms with Crippen molar-refractivity contribution in [2.45, 2.75) is 12.8 Å². The van der Waals surface area contributed by atoms with E-state index in [0.29, 0.717) is 5.75 Å². The zero-order chi connectivity index (χ0) is 13.2. The zero-order valence-electron chi connectivity index (χ0n) is 9.40. The van der Waals surface area contributed by atoms with Crippen molar-refractivity contribution in [3.8, 4) is 11.5 Å². The molecule has 0 fully saturated rings. The topological polar surface area (TPSA) is 35.0 Å². The van der Waals surface area contributed by atoms with Gasteiger partial charge in [-0.3, -0.25) is 4.98 Å². The van der Waals surface area contributed by atoms with Crippen molar-refractivity contribution < 1.29 is 13.5 Å². The molecule has 2 aromatic heterocycles. The molecule has 2 heterocycles. The normalized spacial score (nSPS) is 11.3. The molecule has 0 unspecified atom stereocenters. The van der Waals surface area contributed by atoms with E-state index in [1.54, 1.807) is 6.07 Å². The minimum Gasteiger partial charge on any atom is -0.456 e. The van der Waals surface area contributed by atoms with Gasteiger partial charge in [0.25, 0.3) is 5.92 Å². The van der Waals surface area contributed by atoms with Gasteiger partial charge in [0.15, 0.2) is 0 Å². The number of halogens is 3. The molecule has 0 aromatic carbocycles. The summed E-state index contributed by atoms with van der Waals surface area (Å²) in [4.78, 5) is 7.50. The molecule has 3 nitrogen and oxygen atoms in total. The molecule has 94 valence electrons. The summed E-state index contributed by atoms with van der Waals surface area (Å²) in [6.07, 6.45) is 3.92. The molecule has 0 saturated heterocycles. The molecular weight excluding hydrogens is 262 g/mol. The first-order valence-electron chi connectivity index (χ1n) is 5.08. The molecule has 0 radical (unpaired) electrons. The number of alkyl halides is 2. The smallest absolute Gasteiger partial charge is 0.272 e. The summed E-state index contributed by atoms with van der Waals surface area (Å²) >= 11 is 5.69. The van der Waals surface area contributed by atoms with Crippen LogP contribution in [-0.4, -0.2) is 9.97 Å². The Hall–Kier alpha value is -1.75. The first-order chi connectivity index (χ1) is 8.45. The van der Waals surface area contributed by atoms with Gasteiger partial charge in [-0.15, -0.1) is 0 Å². The fraction of sp³-hybridized carbons (Fsp3) is 0.167. The number of hydrogen-bond donors (Lipinski definition) is 0. The van der Waals surface area contributed by atoms with Gasteiger partial charge in [-0.25, -0.2) is 13.8 Å². The van der Waals surface area contributed by atoms with E-state index in [4.69, 9.17) is 16.3 Å². The van der Waals surface area contributed by atoms with E-state index in [9.17, 15) is 8.78 Å². The van der Waals surface area contributed by atoms with Gasteiger partial charge in [-0.1, -0.05) is 11.6 Å². The summed E-state index contributed by atoms with van der Waals surface area (Å²) in [6, 6.07) is 4.29. The maximum atomic E-state index is 13.1. The van der Waals surface area contributed by atoms with Crippen LogP contribution in [0.3, 0.4) is 0 Å². The number of aromatic nitrogens is 2. The van der Waals surface area contributed by atoms with Gasteiger partial charge in [0.1, 0.15) is 16.7 Å². The van der Waals surface area contributed by atoms with Crippen LogP contribution in [-0.2, 0) is 5.92 Å². The van der Waals surface area contributed by atoms with Gasteiger partial charge in [-0.05, 0) is 12.1 Å². The summed E-state index contributed by atoms with van der Waals surface area (Å²) in [5.74, 6) is -2.33. The quantitative estimate of drug-likeness (QED) is 0.790. The molecule has 0 saturated carbocycles. The largest absolute Gasteiger partial charge is 0.456 e. The van der Waals surface area contributed by atoms with Crippen molar-refractivity contribution in [2.24, 2.45) is 0 Å². The molecule has 0 amide bonds. The van der Waals surface area contributed by atoms with Crippen molar-refractivity contribution in [1.29, 1.82) is 0 Å². The second kappa shape index (κ2) is 4.86. The SMILES string of the molecule is CC(F)(F)c1cncc(Oc2ccnc(Cl)c2)c1. The van der Waals surface area contributed by atoms with Gasteiger partial charge in [0.05, 0.1) is 6.20 Å². The average Bonchev–Trinajstić information content (AvgIpc) is 2.28. The highest BCUT2D eigenvalue weighted by Gasteiger charge is 2.25. The Kier molecular flexibility index (Phi) is 3.43. The predicted octanol–water partition coefficient (Wildman–Crippen LogP) is 4.03. The highest BCUT2D eigenvalue weighted by Crippen LogP contribution is 2.30. The summed E-state index contributed by atoms with van der Waals surface area (Å²) in [5.41, 5.74) is -0.208. The monoisotopic (exact) mass is 270 g/mol. The summed E-state index contributed by atoms with van der Waals surface area (Å²) < 4.78 is 31.6. The van der Waals surface area contributed by atoms with E-state index in [1.165, 1.54) is 24.5 Å². The van der Waals surface area contributed by atoms with Crippen LogP contribution in [0.4, 0.5) is 8.78 Å². The molecule has 0 aliphatic heterocycles. The zero-order valence-corrected chi connectivity index (χ0v) is 10.2. The Morgan fingerprint density at radius 2 is 2.00 bits per heavy atom. The van der Waals surface area contributed by atoms with Crippen molar-refractivity contribution >= 4 is 11.6 Å². The Bertz CT molecular complexity index is 558. The maximum absolute atomic E-state index is 13.1. The van der Waals surface area contributed by atoms with Crippen LogP contribution in [0.15, 0.2) is 36.8 Å². The van der Waals surface area contributed by atoms with Crippen LogP contribution in [0.1, 0.15) is 12.5 Å². The predicted molar refractivity (Wildman–Crippen MR) is 63.1 cm³/mol. The van der Waals surface area contributed by atoms with Gasteiger partial charge in [0.2, 0.25) is 0 Å². The lowest BCUT2D eigenvalue weighted by Gasteiger charge is -2.11. The molecular formula is C12H9ClF2N2O. The van der Waals surface area contributed by atoms with Crippen LogP contribution in [0.5, 0.6) is 11.5 Å². The molecule has 0 aliphatic carbocycles. The maximum Gasteiger partial charge on any atom is 0.272 e. The third-order valence-electron chi connectivity index (χ3n) is 2.15. The van der Waals surface area contributed by atoms with Crippen LogP contribution >= 0.6 is 11.6 Å². The lowest BCUT2D eigenvalue weighted by molar-refractivity contribution is 0.0169. The minimum atomic E-state index is -2.96. The van der Waals surface area contributed by atoms with Crippen molar-refractivity contribution in [2.75, 3.05) is 0 Å². The van der Waals surface area contributed by atoms with Crippen molar-refractivity contribution in [3.63, 3.8) is 0 Å². The Morgan fingerprint density at radius 1 is 1.22 bits per heavy atom. The highest BCUT2D eigenvalue weighted by molar-refractivity contribution is 6.29. The van der Waals surface area contributed by atoms with Crippen LogP contribution < -0.4 is 4.74 Å². The summed E-state index contributed by atoms with van der Waals surface area (Å²) in [6.45, 7) is 0.803. The van der Waals surface area contributed by atoms with Gasteiger partial charge in [0, 0.05) is 30.9 Å². The summed E-state index contributed by atoms with van der Waals surface area (Å²) in [7, 11) is 0. The Balaban J connectivity index is 2.25. The average molecular weight is 271 g/mol. The second-order valence-corrected chi connectivity index (χ2v) is 4.10. The first-order valence-corrected chi connectivity index (χ1v) is 5.46. The van der Waals surface area contributed by atoms with E-state index < -0.39 is 5.92 Å². The molecule has 6 heteroatoms. The molecule has 0 aliphatic rings. The summed E-state index contributed by atoms with van der Waals surface area (Å²) in [5, 5.41) is 0.262. The van der Waals surface area contributed by atoms with Crippen molar-refractivity contribution in [3.05, 3.63) is 47.5 Å². The molecule has 0 spiro atoms.